The van der Waals surface area contributed by atoms with Gasteiger partial charge in [0.15, 0.2) is 0 Å². The maximum Gasteiger partial charge on any atom is 0.274 e. The maximum atomic E-state index is 13.5. The molecule has 0 saturated heterocycles. The lowest BCUT2D eigenvalue weighted by Gasteiger charge is -2.07. The lowest BCUT2D eigenvalue weighted by molar-refractivity contribution is -0.385. The van der Waals surface area contributed by atoms with Crippen LogP contribution in [0.4, 0.5) is 20.2 Å². The van der Waals surface area contributed by atoms with Crippen molar-refractivity contribution >= 4 is 33.2 Å². The first-order chi connectivity index (χ1) is 9.86. The van der Waals surface area contributed by atoms with Gasteiger partial charge in [0, 0.05) is 10.5 Å². The van der Waals surface area contributed by atoms with E-state index >= 15 is 0 Å². The topological polar surface area (TPSA) is 72.2 Å². The highest BCUT2D eigenvalue weighted by Gasteiger charge is 2.15. The van der Waals surface area contributed by atoms with E-state index in [1.807, 2.05) is 0 Å². The van der Waals surface area contributed by atoms with Gasteiger partial charge in [-0.15, -0.1) is 0 Å². The Morgan fingerprint density at radius 1 is 1.19 bits per heavy atom. The Morgan fingerprint density at radius 2 is 1.90 bits per heavy atom. The molecular weight excluding hydrogens is 350 g/mol. The number of carbonyl (C=O) groups excluding carboxylic acids is 1. The van der Waals surface area contributed by atoms with E-state index in [9.17, 15) is 23.7 Å². The van der Waals surface area contributed by atoms with Gasteiger partial charge in [0.1, 0.15) is 11.6 Å². The summed E-state index contributed by atoms with van der Waals surface area (Å²) in [5.74, 6) is -2.48. The van der Waals surface area contributed by atoms with E-state index in [1.165, 1.54) is 12.1 Å². The molecular formula is C13H7BrF2N2O3. The van der Waals surface area contributed by atoms with Gasteiger partial charge < -0.3 is 5.32 Å². The van der Waals surface area contributed by atoms with E-state index in [1.54, 1.807) is 0 Å². The van der Waals surface area contributed by atoms with E-state index < -0.39 is 28.2 Å². The predicted octanol–water partition coefficient (Wildman–Crippen LogP) is 3.89. The number of rotatable bonds is 3. The quantitative estimate of drug-likeness (QED) is 0.669. The van der Waals surface area contributed by atoms with Gasteiger partial charge in [-0.1, -0.05) is 15.9 Å². The zero-order valence-corrected chi connectivity index (χ0v) is 11.9. The van der Waals surface area contributed by atoms with Gasteiger partial charge in [-0.3, -0.25) is 14.9 Å². The number of nitro benzene ring substituents is 1. The molecule has 21 heavy (non-hydrogen) atoms. The van der Waals surface area contributed by atoms with Gasteiger partial charge in [0.2, 0.25) is 0 Å². The van der Waals surface area contributed by atoms with Crippen molar-refractivity contribution in [3.63, 3.8) is 0 Å². The summed E-state index contributed by atoms with van der Waals surface area (Å²) in [4.78, 5) is 21.7. The SMILES string of the molecule is O=C(Nc1cc(F)cc([N+](=O)[O-])c1)c1cc(Br)ccc1F. The van der Waals surface area contributed by atoms with Crippen LogP contribution in [0.2, 0.25) is 0 Å². The molecule has 108 valence electrons. The van der Waals surface area contributed by atoms with Crippen molar-refractivity contribution in [1.29, 1.82) is 0 Å². The number of carbonyl (C=O) groups is 1. The van der Waals surface area contributed by atoms with Crippen LogP contribution in [-0.4, -0.2) is 10.8 Å². The van der Waals surface area contributed by atoms with E-state index in [-0.39, 0.29) is 11.3 Å². The van der Waals surface area contributed by atoms with E-state index in [2.05, 4.69) is 21.2 Å². The van der Waals surface area contributed by atoms with Crippen LogP contribution < -0.4 is 5.32 Å². The molecule has 0 unspecified atom stereocenters. The summed E-state index contributed by atoms with van der Waals surface area (Å²) in [7, 11) is 0. The number of amides is 1. The lowest BCUT2D eigenvalue weighted by atomic mass is 10.2. The minimum Gasteiger partial charge on any atom is -0.322 e. The first-order valence-corrected chi connectivity index (χ1v) is 6.37. The third-order valence-corrected chi connectivity index (χ3v) is 3.02. The summed E-state index contributed by atoms with van der Waals surface area (Å²) in [5.41, 5.74) is -0.914. The third kappa shape index (κ3) is 3.60. The fourth-order valence-electron chi connectivity index (χ4n) is 1.62. The molecule has 0 saturated carbocycles. The van der Waals surface area contributed by atoms with Gasteiger partial charge in [-0.05, 0) is 24.3 Å². The molecule has 0 heterocycles. The molecule has 0 aromatic heterocycles. The van der Waals surface area contributed by atoms with E-state index in [4.69, 9.17) is 0 Å². The molecule has 2 rings (SSSR count). The minimum absolute atomic E-state index is 0.133. The summed E-state index contributed by atoms with van der Waals surface area (Å²) < 4.78 is 27.3. The number of hydrogen-bond acceptors (Lipinski definition) is 3. The Balaban J connectivity index is 2.31. The number of benzene rings is 2. The highest BCUT2D eigenvalue weighted by atomic mass is 79.9. The average Bonchev–Trinajstić information content (AvgIpc) is 2.40. The summed E-state index contributed by atoms with van der Waals surface area (Å²) in [6.45, 7) is 0. The molecule has 1 N–H and O–H groups in total. The molecule has 0 spiro atoms. The summed E-state index contributed by atoms with van der Waals surface area (Å²) in [6.07, 6.45) is 0. The molecule has 2 aromatic carbocycles. The second kappa shape index (κ2) is 5.96. The van der Waals surface area contributed by atoms with Crippen LogP contribution in [0.25, 0.3) is 0 Å². The number of anilines is 1. The van der Waals surface area contributed by atoms with Crippen molar-refractivity contribution in [1.82, 2.24) is 0 Å². The van der Waals surface area contributed by atoms with E-state index in [0.717, 1.165) is 24.3 Å². The Morgan fingerprint density at radius 3 is 2.57 bits per heavy atom. The fraction of sp³-hybridized carbons (Fsp3) is 0. The van der Waals surface area contributed by atoms with Gasteiger partial charge >= 0.3 is 0 Å². The highest BCUT2D eigenvalue weighted by Crippen LogP contribution is 2.22. The second-order valence-corrected chi connectivity index (χ2v) is 4.95. The predicted molar refractivity (Wildman–Crippen MR) is 75.1 cm³/mol. The molecule has 0 atom stereocenters. The smallest absolute Gasteiger partial charge is 0.274 e. The molecule has 2 aromatic rings. The Bertz CT molecular complexity index is 737. The zero-order chi connectivity index (χ0) is 15.6. The Labute approximate surface area is 125 Å². The van der Waals surface area contributed by atoms with E-state index in [0.29, 0.717) is 4.47 Å². The van der Waals surface area contributed by atoms with Gasteiger partial charge in [-0.2, -0.15) is 0 Å². The molecule has 5 nitrogen and oxygen atoms in total. The minimum atomic E-state index is -0.880. The standard InChI is InChI=1S/C13H7BrF2N2O3/c14-7-1-2-12(16)11(3-7)13(19)17-9-4-8(15)5-10(6-9)18(20)21/h1-6H,(H,17,19). The number of hydrogen-bond donors (Lipinski definition) is 1. The van der Waals surface area contributed by atoms with Crippen LogP contribution in [0.3, 0.4) is 0 Å². The van der Waals surface area contributed by atoms with Crippen molar-refractivity contribution in [2.24, 2.45) is 0 Å². The average molecular weight is 357 g/mol. The number of nitrogens with one attached hydrogen (secondary N) is 1. The van der Waals surface area contributed by atoms with Crippen molar-refractivity contribution in [3.8, 4) is 0 Å². The van der Waals surface area contributed by atoms with Crippen molar-refractivity contribution in [2.75, 3.05) is 5.32 Å². The normalized spacial score (nSPS) is 10.2. The molecule has 0 aliphatic heterocycles. The second-order valence-electron chi connectivity index (χ2n) is 4.03. The van der Waals surface area contributed by atoms with Crippen LogP contribution >= 0.6 is 15.9 Å². The Hall–Kier alpha value is -2.35. The highest BCUT2D eigenvalue weighted by molar-refractivity contribution is 9.10. The van der Waals surface area contributed by atoms with Crippen LogP contribution in [-0.2, 0) is 0 Å². The lowest BCUT2D eigenvalue weighted by Crippen LogP contribution is -2.14. The largest absolute Gasteiger partial charge is 0.322 e. The van der Waals surface area contributed by atoms with Crippen LogP contribution in [0.15, 0.2) is 40.9 Å². The maximum absolute atomic E-state index is 13.5. The molecule has 0 radical (unpaired) electrons. The van der Waals surface area contributed by atoms with Crippen LogP contribution in [0.5, 0.6) is 0 Å². The number of non-ortho nitro benzene ring substituents is 1. The molecule has 0 aliphatic carbocycles. The Kier molecular flexibility index (Phi) is 4.27. The van der Waals surface area contributed by atoms with Crippen molar-refractivity contribution < 1.29 is 18.5 Å². The number of nitro groups is 1. The third-order valence-electron chi connectivity index (χ3n) is 2.52. The summed E-state index contributed by atoms with van der Waals surface area (Å²) in [5, 5.41) is 12.8. The number of nitrogens with zero attached hydrogens (tertiary/aromatic N) is 1. The summed E-state index contributed by atoms with van der Waals surface area (Å²) in [6, 6.07) is 6.36. The van der Waals surface area contributed by atoms with Crippen LogP contribution in [0.1, 0.15) is 10.4 Å². The molecule has 1 amide bonds. The van der Waals surface area contributed by atoms with Crippen molar-refractivity contribution in [2.45, 2.75) is 0 Å². The molecule has 0 aliphatic rings. The first-order valence-electron chi connectivity index (χ1n) is 5.58. The van der Waals surface area contributed by atoms with Crippen LogP contribution in [0, 0.1) is 21.7 Å². The monoisotopic (exact) mass is 356 g/mol. The number of halogens is 3. The van der Waals surface area contributed by atoms with Gasteiger partial charge in [0.05, 0.1) is 22.2 Å². The van der Waals surface area contributed by atoms with Gasteiger partial charge in [0.25, 0.3) is 11.6 Å². The molecule has 8 heteroatoms. The molecule has 0 bridgehead atoms. The van der Waals surface area contributed by atoms with Crippen molar-refractivity contribution in [3.05, 3.63) is 68.2 Å². The fourth-order valence-corrected chi connectivity index (χ4v) is 1.98. The van der Waals surface area contributed by atoms with Gasteiger partial charge in [-0.25, -0.2) is 8.78 Å². The summed E-state index contributed by atoms with van der Waals surface area (Å²) >= 11 is 3.10. The first kappa shape index (κ1) is 15.0. The molecule has 0 fully saturated rings. The zero-order valence-electron chi connectivity index (χ0n) is 10.3.